The Morgan fingerprint density at radius 2 is 1.69 bits per heavy atom. The Hall–Kier alpha value is -1.80. The minimum atomic E-state index is 0.751. The summed E-state index contributed by atoms with van der Waals surface area (Å²) in [6.07, 6.45) is 0. The third kappa shape index (κ3) is 0.996. The van der Waals surface area contributed by atoms with E-state index in [1.807, 2.05) is 0 Å². The average Bonchev–Trinajstić information content (AvgIpc) is 2.88. The molecular weight excluding hydrogens is 198 g/mol. The van der Waals surface area contributed by atoms with Crippen LogP contribution >= 0.6 is 0 Å². The van der Waals surface area contributed by atoms with Crippen molar-refractivity contribution in [2.24, 2.45) is 0 Å². The molecule has 1 aromatic heterocycles. The van der Waals surface area contributed by atoms with Crippen molar-refractivity contribution in [3.05, 3.63) is 47.5 Å². The first-order valence-electron chi connectivity index (χ1n) is 5.52. The van der Waals surface area contributed by atoms with Gasteiger partial charge in [0.25, 0.3) is 0 Å². The number of fused-ring (bicyclic) bond motifs is 4. The molecule has 0 saturated heterocycles. The molecule has 78 valence electrons. The van der Waals surface area contributed by atoms with Gasteiger partial charge in [0, 0.05) is 21.8 Å². The number of hydrogen-bond acceptors (Lipinski definition) is 1. The van der Waals surface area contributed by atoms with Crippen molar-refractivity contribution >= 4 is 21.8 Å². The molecule has 4 rings (SSSR count). The van der Waals surface area contributed by atoms with Crippen LogP contribution in [0.1, 0.15) is 11.1 Å². The average molecular weight is 209 g/mol. The second-order valence-corrected chi connectivity index (χ2v) is 4.33. The lowest BCUT2D eigenvalue weighted by atomic mass is 10.1. The maximum atomic E-state index is 5.45. The molecule has 2 heterocycles. The number of ether oxygens (including phenoxy) is 1. The summed E-state index contributed by atoms with van der Waals surface area (Å²) in [5, 5.41) is 2.60. The van der Waals surface area contributed by atoms with Crippen molar-refractivity contribution in [2.45, 2.75) is 13.2 Å². The smallest absolute Gasteiger partial charge is 0.0725 e. The van der Waals surface area contributed by atoms with E-state index in [2.05, 4.69) is 41.4 Å². The molecule has 16 heavy (non-hydrogen) atoms. The van der Waals surface area contributed by atoms with E-state index >= 15 is 0 Å². The predicted octanol–water partition coefficient (Wildman–Crippen LogP) is 3.35. The number of rotatable bonds is 0. The third-order valence-electron chi connectivity index (χ3n) is 3.34. The number of para-hydroxylation sites is 1. The molecule has 1 N–H and O–H groups in total. The molecule has 2 nitrogen and oxygen atoms in total. The SMILES string of the molecule is c1ccc2c(c1)[nH]c1cc3c(cc12)COC3. The molecule has 0 unspecified atom stereocenters. The van der Waals surface area contributed by atoms with Gasteiger partial charge < -0.3 is 9.72 Å². The zero-order valence-electron chi connectivity index (χ0n) is 8.79. The van der Waals surface area contributed by atoms with Crippen molar-refractivity contribution in [3.8, 4) is 0 Å². The van der Waals surface area contributed by atoms with Crippen LogP contribution in [-0.2, 0) is 18.0 Å². The summed E-state index contributed by atoms with van der Waals surface area (Å²) in [6.45, 7) is 1.51. The van der Waals surface area contributed by atoms with Gasteiger partial charge in [0.2, 0.25) is 0 Å². The lowest BCUT2D eigenvalue weighted by molar-refractivity contribution is 0.134. The molecule has 2 heteroatoms. The molecule has 0 saturated carbocycles. The van der Waals surface area contributed by atoms with Gasteiger partial charge in [0.05, 0.1) is 13.2 Å². The standard InChI is InChI=1S/C14H11NO/c1-2-4-13-11(3-1)12-5-9-7-16-8-10(9)6-14(12)15-13/h1-6,15H,7-8H2. The predicted molar refractivity (Wildman–Crippen MR) is 64.3 cm³/mol. The van der Waals surface area contributed by atoms with Crippen LogP contribution in [0.4, 0.5) is 0 Å². The topological polar surface area (TPSA) is 25.0 Å². The highest BCUT2D eigenvalue weighted by atomic mass is 16.5. The first-order chi connectivity index (χ1) is 7.92. The first kappa shape index (κ1) is 8.36. The molecule has 0 fully saturated rings. The molecule has 0 aliphatic carbocycles. The monoisotopic (exact) mass is 209 g/mol. The second kappa shape index (κ2) is 2.86. The summed E-state index contributed by atoms with van der Waals surface area (Å²) in [7, 11) is 0. The summed E-state index contributed by atoms with van der Waals surface area (Å²) in [5.74, 6) is 0. The second-order valence-electron chi connectivity index (χ2n) is 4.33. The van der Waals surface area contributed by atoms with Crippen LogP contribution in [0.2, 0.25) is 0 Å². The molecule has 1 aliphatic rings. The van der Waals surface area contributed by atoms with Gasteiger partial charge >= 0.3 is 0 Å². The lowest BCUT2D eigenvalue weighted by Gasteiger charge is -1.97. The fourth-order valence-corrected chi connectivity index (χ4v) is 2.53. The third-order valence-corrected chi connectivity index (χ3v) is 3.34. The Morgan fingerprint density at radius 1 is 0.875 bits per heavy atom. The molecule has 0 radical (unpaired) electrons. The zero-order valence-corrected chi connectivity index (χ0v) is 8.79. The molecule has 0 spiro atoms. The molecule has 0 amide bonds. The van der Waals surface area contributed by atoms with E-state index in [0.29, 0.717) is 0 Å². The van der Waals surface area contributed by atoms with E-state index in [-0.39, 0.29) is 0 Å². The van der Waals surface area contributed by atoms with Gasteiger partial charge in [-0.1, -0.05) is 18.2 Å². The van der Waals surface area contributed by atoms with Crippen LogP contribution in [0.5, 0.6) is 0 Å². The minimum Gasteiger partial charge on any atom is -0.372 e. The van der Waals surface area contributed by atoms with Crippen LogP contribution in [0.25, 0.3) is 21.8 Å². The van der Waals surface area contributed by atoms with Crippen LogP contribution in [0.15, 0.2) is 36.4 Å². The lowest BCUT2D eigenvalue weighted by Crippen LogP contribution is -1.81. The maximum Gasteiger partial charge on any atom is 0.0725 e. The Bertz CT molecular complexity index is 696. The molecule has 3 aromatic rings. The Balaban J connectivity index is 2.19. The Morgan fingerprint density at radius 3 is 2.62 bits per heavy atom. The number of benzene rings is 2. The summed E-state index contributed by atoms with van der Waals surface area (Å²) >= 11 is 0. The summed E-state index contributed by atoms with van der Waals surface area (Å²) in [5.41, 5.74) is 5.07. The van der Waals surface area contributed by atoms with Gasteiger partial charge in [-0.2, -0.15) is 0 Å². The van der Waals surface area contributed by atoms with Gasteiger partial charge in [0.1, 0.15) is 0 Å². The number of nitrogens with one attached hydrogen (secondary N) is 1. The maximum absolute atomic E-state index is 5.45. The van der Waals surface area contributed by atoms with E-state index in [9.17, 15) is 0 Å². The molecule has 0 bridgehead atoms. The molecular formula is C14H11NO. The van der Waals surface area contributed by atoms with Crippen LogP contribution < -0.4 is 0 Å². The van der Waals surface area contributed by atoms with Gasteiger partial charge in [-0.3, -0.25) is 0 Å². The van der Waals surface area contributed by atoms with Crippen molar-refractivity contribution in [3.63, 3.8) is 0 Å². The summed E-state index contributed by atoms with van der Waals surface area (Å²) < 4.78 is 5.45. The van der Waals surface area contributed by atoms with Gasteiger partial charge in [-0.05, 0) is 29.3 Å². The van der Waals surface area contributed by atoms with E-state index < -0.39 is 0 Å². The zero-order chi connectivity index (χ0) is 10.5. The highest BCUT2D eigenvalue weighted by molar-refractivity contribution is 6.07. The van der Waals surface area contributed by atoms with E-state index in [1.165, 1.54) is 32.9 Å². The van der Waals surface area contributed by atoms with Gasteiger partial charge in [0.15, 0.2) is 0 Å². The molecule has 0 atom stereocenters. The fourth-order valence-electron chi connectivity index (χ4n) is 2.53. The van der Waals surface area contributed by atoms with Gasteiger partial charge in [-0.15, -0.1) is 0 Å². The van der Waals surface area contributed by atoms with E-state index in [1.54, 1.807) is 0 Å². The van der Waals surface area contributed by atoms with Crippen LogP contribution in [-0.4, -0.2) is 4.98 Å². The quantitative estimate of drug-likeness (QED) is 0.603. The van der Waals surface area contributed by atoms with Gasteiger partial charge in [-0.25, -0.2) is 0 Å². The molecule has 2 aromatic carbocycles. The highest BCUT2D eigenvalue weighted by Crippen LogP contribution is 2.30. The number of aromatic nitrogens is 1. The first-order valence-corrected chi connectivity index (χ1v) is 5.52. The minimum absolute atomic E-state index is 0.751. The van der Waals surface area contributed by atoms with Crippen molar-refractivity contribution in [1.82, 2.24) is 4.98 Å². The van der Waals surface area contributed by atoms with Crippen molar-refractivity contribution in [1.29, 1.82) is 0 Å². The van der Waals surface area contributed by atoms with E-state index in [0.717, 1.165) is 13.2 Å². The van der Waals surface area contributed by atoms with Crippen molar-refractivity contribution in [2.75, 3.05) is 0 Å². The number of aromatic amines is 1. The largest absolute Gasteiger partial charge is 0.372 e. The summed E-state index contributed by atoms with van der Waals surface area (Å²) in [4.78, 5) is 3.45. The fraction of sp³-hybridized carbons (Fsp3) is 0.143. The van der Waals surface area contributed by atoms with Crippen LogP contribution in [0, 0.1) is 0 Å². The number of hydrogen-bond donors (Lipinski definition) is 1. The summed E-state index contributed by atoms with van der Waals surface area (Å²) in [6, 6.07) is 12.9. The normalized spacial score (nSPS) is 14.8. The van der Waals surface area contributed by atoms with Crippen LogP contribution in [0.3, 0.4) is 0 Å². The number of H-pyrrole nitrogens is 1. The highest BCUT2D eigenvalue weighted by Gasteiger charge is 2.14. The van der Waals surface area contributed by atoms with E-state index in [4.69, 9.17) is 4.74 Å². The Kier molecular flexibility index (Phi) is 1.50. The Labute approximate surface area is 92.8 Å². The van der Waals surface area contributed by atoms with Crippen molar-refractivity contribution < 1.29 is 4.74 Å². The molecule has 1 aliphatic heterocycles.